The Balaban J connectivity index is 2.29. The molecule has 1 N–H and O–H groups in total. The van der Waals surface area contributed by atoms with Gasteiger partial charge in [-0.2, -0.15) is 0 Å². The van der Waals surface area contributed by atoms with E-state index in [0.29, 0.717) is 19.4 Å². The molecule has 0 fully saturated rings. The van der Waals surface area contributed by atoms with Gasteiger partial charge in [0.15, 0.2) is 0 Å². The fourth-order valence-electron chi connectivity index (χ4n) is 3.66. The zero-order valence-electron chi connectivity index (χ0n) is 16.6. The summed E-state index contributed by atoms with van der Waals surface area (Å²) in [6, 6.07) is 21.3. The fraction of sp³-hybridized carbons (Fsp3) is 0.391. The molecule has 0 saturated carbocycles. The van der Waals surface area contributed by atoms with Crippen molar-refractivity contribution in [1.82, 2.24) is 0 Å². The number of aliphatic hydroxyl groups is 1. The molecule has 0 aliphatic carbocycles. The monoisotopic (exact) mass is 446 g/mol. The SMILES string of the molecule is C=C(Br)C[C@H](O)CCCO[Si](c1ccccc1)(c1ccccc1)C(C)(C)C. The lowest BCUT2D eigenvalue weighted by atomic mass is 10.1. The molecule has 0 saturated heterocycles. The summed E-state index contributed by atoms with van der Waals surface area (Å²) >= 11 is 3.32. The van der Waals surface area contributed by atoms with E-state index in [2.05, 4.69) is 104 Å². The van der Waals surface area contributed by atoms with Crippen molar-refractivity contribution in [2.45, 2.75) is 51.2 Å². The molecule has 0 amide bonds. The minimum Gasteiger partial charge on any atom is -0.407 e. The smallest absolute Gasteiger partial charge is 0.261 e. The molecule has 0 aliphatic heterocycles. The van der Waals surface area contributed by atoms with E-state index in [4.69, 9.17) is 4.43 Å². The summed E-state index contributed by atoms with van der Waals surface area (Å²) in [6.07, 6.45) is 1.74. The van der Waals surface area contributed by atoms with Gasteiger partial charge in [-0.15, -0.1) is 0 Å². The highest BCUT2D eigenvalue weighted by Gasteiger charge is 2.49. The summed E-state index contributed by atoms with van der Waals surface area (Å²) in [5.74, 6) is 0. The van der Waals surface area contributed by atoms with Gasteiger partial charge >= 0.3 is 0 Å². The van der Waals surface area contributed by atoms with Gasteiger partial charge in [0.25, 0.3) is 8.32 Å². The number of benzene rings is 2. The third-order valence-electron chi connectivity index (χ3n) is 4.87. The summed E-state index contributed by atoms with van der Waals surface area (Å²) in [6.45, 7) is 11.3. The molecule has 1 atom stereocenters. The average molecular weight is 447 g/mol. The third kappa shape index (κ3) is 5.64. The number of rotatable bonds is 9. The van der Waals surface area contributed by atoms with Crippen LogP contribution in [0.25, 0.3) is 0 Å². The normalized spacial score (nSPS) is 13.4. The molecular weight excluding hydrogens is 416 g/mol. The van der Waals surface area contributed by atoms with Crippen molar-refractivity contribution in [3.63, 3.8) is 0 Å². The molecule has 0 heterocycles. The number of hydrogen-bond acceptors (Lipinski definition) is 2. The van der Waals surface area contributed by atoms with Crippen molar-refractivity contribution in [3.8, 4) is 0 Å². The van der Waals surface area contributed by atoms with Crippen molar-refractivity contribution in [3.05, 3.63) is 71.7 Å². The zero-order chi connectivity index (χ0) is 19.9. The Morgan fingerprint density at radius 3 is 1.93 bits per heavy atom. The molecule has 0 aliphatic rings. The maximum atomic E-state index is 10.1. The Morgan fingerprint density at radius 1 is 1.04 bits per heavy atom. The van der Waals surface area contributed by atoms with Crippen molar-refractivity contribution in [1.29, 1.82) is 0 Å². The van der Waals surface area contributed by atoms with Gasteiger partial charge in [-0.05, 0) is 32.7 Å². The van der Waals surface area contributed by atoms with Gasteiger partial charge in [-0.3, -0.25) is 0 Å². The first-order valence-corrected chi connectivity index (χ1v) is 12.2. The minimum absolute atomic E-state index is 0.0154. The van der Waals surface area contributed by atoms with Gasteiger partial charge in [0.1, 0.15) is 0 Å². The molecule has 2 aromatic carbocycles. The Labute approximate surface area is 173 Å². The summed E-state index contributed by atoms with van der Waals surface area (Å²) < 4.78 is 7.65. The average Bonchev–Trinajstić information content (AvgIpc) is 2.61. The van der Waals surface area contributed by atoms with Crippen LogP contribution in [0.4, 0.5) is 0 Å². The quantitative estimate of drug-likeness (QED) is 0.433. The lowest BCUT2D eigenvalue weighted by Crippen LogP contribution is -2.66. The lowest BCUT2D eigenvalue weighted by molar-refractivity contribution is 0.153. The molecule has 2 aromatic rings. The molecule has 27 heavy (non-hydrogen) atoms. The summed E-state index contributed by atoms with van der Waals surface area (Å²) in [4.78, 5) is 0. The van der Waals surface area contributed by atoms with Crippen molar-refractivity contribution in [2.75, 3.05) is 6.61 Å². The Bertz CT molecular complexity index is 671. The molecular formula is C23H31BrO2Si. The van der Waals surface area contributed by atoms with Crippen LogP contribution in [0.15, 0.2) is 71.7 Å². The van der Waals surface area contributed by atoms with E-state index in [1.54, 1.807) is 0 Å². The third-order valence-corrected chi connectivity index (χ3v) is 10.2. The topological polar surface area (TPSA) is 29.5 Å². The van der Waals surface area contributed by atoms with E-state index < -0.39 is 8.32 Å². The van der Waals surface area contributed by atoms with E-state index in [1.807, 2.05) is 0 Å². The van der Waals surface area contributed by atoms with Crippen LogP contribution in [0.2, 0.25) is 5.04 Å². The molecule has 2 nitrogen and oxygen atoms in total. The minimum atomic E-state index is -2.46. The van der Waals surface area contributed by atoms with E-state index in [1.165, 1.54) is 10.4 Å². The lowest BCUT2D eigenvalue weighted by Gasteiger charge is -2.43. The maximum absolute atomic E-state index is 10.1. The van der Waals surface area contributed by atoms with Crippen LogP contribution < -0.4 is 10.4 Å². The van der Waals surface area contributed by atoms with Gasteiger partial charge in [-0.1, -0.05) is 104 Å². The van der Waals surface area contributed by atoms with Crippen LogP contribution in [0.5, 0.6) is 0 Å². The first-order chi connectivity index (χ1) is 12.8. The summed E-state index contributed by atoms with van der Waals surface area (Å²) in [5, 5.41) is 12.7. The predicted octanol–water partition coefficient (Wildman–Crippen LogP) is 5.00. The van der Waals surface area contributed by atoms with Gasteiger partial charge in [-0.25, -0.2) is 0 Å². The molecule has 0 radical (unpaired) electrons. The van der Waals surface area contributed by atoms with Crippen LogP contribution in [0.3, 0.4) is 0 Å². The number of hydrogen-bond donors (Lipinski definition) is 1. The van der Waals surface area contributed by atoms with Gasteiger partial charge in [0.05, 0.1) is 6.10 Å². The van der Waals surface area contributed by atoms with E-state index >= 15 is 0 Å². The van der Waals surface area contributed by atoms with E-state index in [-0.39, 0.29) is 11.1 Å². The molecule has 146 valence electrons. The Morgan fingerprint density at radius 2 is 1.52 bits per heavy atom. The second-order valence-corrected chi connectivity index (χ2v) is 13.5. The molecule has 0 spiro atoms. The Kier molecular flexibility index (Phi) is 8.04. The number of aliphatic hydroxyl groups excluding tert-OH is 1. The highest BCUT2D eigenvalue weighted by atomic mass is 79.9. The van der Waals surface area contributed by atoms with Gasteiger partial charge in [0.2, 0.25) is 0 Å². The first kappa shape index (κ1) is 22.1. The van der Waals surface area contributed by atoms with Crippen molar-refractivity contribution < 1.29 is 9.53 Å². The van der Waals surface area contributed by atoms with Crippen LogP contribution >= 0.6 is 15.9 Å². The molecule has 2 rings (SSSR count). The number of halogens is 1. The largest absolute Gasteiger partial charge is 0.407 e. The van der Waals surface area contributed by atoms with Crippen molar-refractivity contribution >= 4 is 34.6 Å². The maximum Gasteiger partial charge on any atom is 0.261 e. The zero-order valence-corrected chi connectivity index (χ0v) is 19.2. The van der Waals surface area contributed by atoms with Crippen LogP contribution in [-0.2, 0) is 4.43 Å². The standard InChI is InChI=1S/C23H31BrO2Si/c1-19(24)18-20(25)12-11-17-26-27(23(2,3)4,21-13-7-5-8-14-21)22-15-9-6-10-16-22/h5-10,13-16,20,25H,1,11-12,17-18H2,2-4H3/t20-/m1/s1. The fourth-order valence-corrected chi connectivity index (χ4v) is 8.64. The van der Waals surface area contributed by atoms with E-state index in [9.17, 15) is 5.11 Å². The first-order valence-electron chi connectivity index (χ1n) is 9.53. The van der Waals surface area contributed by atoms with E-state index in [0.717, 1.165) is 10.9 Å². The highest BCUT2D eigenvalue weighted by molar-refractivity contribution is 9.11. The Hall–Kier alpha value is -1.20. The molecule has 0 aromatic heterocycles. The van der Waals surface area contributed by atoms with Gasteiger partial charge in [0, 0.05) is 13.0 Å². The van der Waals surface area contributed by atoms with Crippen LogP contribution in [0, 0.1) is 0 Å². The second-order valence-electron chi connectivity index (χ2n) is 8.03. The van der Waals surface area contributed by atoms with Gasteiger partial charge < -0.3 is 9.53 Å². The van der Waals surface area contributed by atoms with Crippen molar-refractivity contribution in [2.24, 2.45) is 0 Å². The highest BCUT2D eigenvalue weighted by Crippen LogP contribution is 2.36. The van der Waals surface area contributed by atoms with Crippen LogP contribution in [0.1, 0.15) is 40.0 Å². The summed E-state index contributed by atoms with van der Waals surface area (Å²) in [5.41, 5.74) is 0. The summed E-state index contributed by atoms with van der Waals surface area (Å²) in [7, 11) is -2.46. The van der Waals surface area contributed by atoms with Crippen LogP contribution in [-0.4, -0.2) is 26.1 Å². The molecule has 0 bridgehead atoms. The molecule has 4 heteroatoms. The molecule has 0 unspecified atom stereocenters. The second kappa shape index (κ2) is 9.83. The predicted molar refractivity (Wildman–Crippen MR) is 121 cm³/mol.